The predicted molar refractivity (Wildman–Crippen MR) is 81.6 cm³/mol. The molecule has 21 heavy (non-hydrogen) atoms. The highest BCUT2D eigenvalue weighted by molar-refractivity contribution is 5.94. The number of anilines is 1. The second-order valence-electron chi connectivity index (χ2n) is 5.74. The Morgan fingerprint density at radius 3 is 3.05 bits per heavy atom. The molecule has 1 atom stereocenters. The van der Waals surface area contributed by atoms with Gasteiger partial charge in [0.15, 0.2) is 0 Å². The standard InChI is InChI=1S/C16H24N2O3/c1-12(2)21-16(19)14-7-4-8-17-15(14)18-9-5-6-13(10-18)11-20-3/h4,7-8,12-13H,5-6,9-11H2,1-3H3. The molecule has 1 aliphatic heterocycles. The Hall–Kier alpha value is -1.62. The summed E-state index contributed by atoms with van der Waals surface area (Å²) in [5.41, 5.74) is 0.546. The van der Waals surface area contributed by atoms with Gasteiger partial charge in [0, 0.05) is 26.4 Å². The van der Waals surface area contributed by atoms with Crippen molar-refractivity contribution in [2.75, 3.05) is 31.7 Å². The van der Waals surface area contributed by atoms with Gasteiger partial charge < -0.3 is 14.4 Å². The number of hydrogen-bond acceptors (Lipinski definition) is 5. The van der Waals surface area contributed by atoms with Crippen molar-refractivity contribution in [3.05, 3.63) is 23.9 Å². The van der Waals surface area contributed by atoms with E-state index in [1.807, 2.05) is 13.8 Å². The van der Waals surface area contributed by atoms with Gasteiger partial charge in [-0.25, -0.2) is 9.78 Å². The Balaban J connectivity index is 2.17. The van der Waals surface area contributed by atoms with E-state index >= 15 is 0 Å². The molecule has 1 unspecified atom stereocenters. The van der Waals surface area contributed by atoms with Crippen LogP contribution in [-0.2, 0) is 9.47 Å². The van der Waals surface area contributed by atoms with Crippen molar-refractivity contribution in [1.82, 2.24) is 4.98 Å². The van der Waals surface area contributed by atoms with Gasteiger partial charge in [0.05, 0.1) is 12.7 Å². The number of rotatable bonds is 5. The molecular formula is C16H24N2O3. The van der Waals surface area contributed by atoms with Gasteiger partial charge in [0.25, 0.3) is 0 Å². The molecule has 0 saturated carbocycles. The first-order valence-corrected chi connectivity index (χ1v) is 7.51. The van der Waals surface area contributed by atoms with Crippen molar-refractivity contribution in [3.63, 3.8) is 0 Å². The highest BCUT2D eigenvalue weighted by Crippen LogP contribution is 2.25. The maximum atomic E-state index is 12.2. The molecule has 2 rings (SSSR count). The van der Waals surface area contributed by atoms with E-state index in [2.05, 4.69) is 9.88 Å². The van der Waals surface area contributed by atoms with Crippen molar-refractivity contribution < 1.29 is 14.3 Å². The molecule has 0 aromatic carbocycles. The summed E-state index contributed by atoms with van der Waals surface area (Å²) in [7, 11) is 1.73. The maximum Gasteiger partial charge on any atom is 0.342 e. The van der Waals surface area contributed by atoms with Crippen LogP contribution < -0.4 is 4.90 Å². The summed E-state index contributed by atoms with van der Waals surface area (Å²) in [4.78, 5) is 18.8. The van der Waals surface area contributed by atoms with Crippen molar-refractivity contribution in [1.29, 1.82) is 0 Å². The quantitative estimate of drug-likeness (QED) is 0.781. The van der Waals surface area contributed by atoms with Crippen molar-refractivity contribution in [3.8, 4) is 0 Å². The van der Waals surface area contributed by atoms with E-state index in [0.717, 1.165) is 38.4 Å². The van der Waals surface area contributed by atoms with Crippen LogP contribution in [-0.4, -0.2) is 43.9 Å². The smallest absolute Gasteiger partial charge is 0.342 e. The highest BCUT2D eigenvalue weighted by Gasteiger charge is 2.25. The summed E-state index contributed by atoms with van der Waals surface area (Å²) in [6, 6.07) is 3.56. The summed E-state index contributed by atoms with van der Waals surface area (Å²) in [5, 5.41) is 0. The number of carbonyl (C=O) groups is 1. The lowest BCUT2D eigenvalue weighted by Crippen LogP contribution is -2.38. The third kappa shape index (κ3) is 4.17. The number of aromatic nitrogens is 1. The molecule has 0 aliphatic carbocycles. The number of esters is 1. The zero-order chi connectivity index (χ0) is 15.2. The van der Waals surface area contributed by atoms with Gasteiger partial charge in [-0.05, 0) is 44.7 Å². The lowest BCUT2D eigenvalue weighted by Gasteiger charge is -2.34. The van der Waals surface area contributed by atoms with Crippen LogP contribution in [0.1, 0.15) is 37.0 Å². The van der Waals surface area contributed by atoms with Crippen molar-refractivity contribution in [2.24, 2.45) is 5.92 Å². The molecule has 5 heteroatoms. The van der Waals surface area contributed by atoms with E-state index in [1.165, 1.54) is 0 Å². The molecule has 1 fully saturated rings. The highest BCUT2D eigenvalue weighted by atomic mass is 16.5. The van der Waals surface area contributed by atoms with Gasteiger partial charge in [-0.2, -0.15) is 0 Å². The molecule has 5 nitrogen and oxygen atoms in total. The Kier molecular flexibility index (Phi) is 5.56. The Bertz CT molecular complexity index is 474. The summed E-state index contributed by atoms with van der Waals surface area (Å²) in [6.07, 6.45) is 3.83. The van der Waals surface area contributed by atoms with E-state index in [-0.39, 0.29) is 12.1 Å². The fourth-order valence-corrected chi connectivity index (χ4v) is 2.72. The Morgan fingerprint density at radius 1 is 1.52 bits per heavy atom. The number of ether oxygens (including phenoxy) is 2. The lowest BCUT2D eigenvalue weighted by atomic mass is 9.98. The topological polar surface area (TPSA) is 51.7 Å². The van der Waals surface area contributed by atoms with Gasteiger partial charge in [-0.1, -0.05) is 0 Å². The van der Waals surface area contributed by atoms with E-state index in [1.54, 1.807) is 25.4 Å². The molecule has 0 amide bonds. The number of hydrogen-bond donors (Lipinski definition) is 0. The minimum atomic E-state index is -0.304. The zero-order valence-electron chi connectivity index (χ0n) is 13.0. The number of pyridine rings is 1. The first kappa shape index (κ1) is 15.8. The van der Waals surface area contributed by atoms with Gasteiger partial charge in [-0.3, -0.25) is 0 Å². The van der Waals surface area contributed by atoms with Gasteiger partial charge in [-0.15, -0.1) is 0 Å². The number of nitrogens with zero attached hydrogens (tertiary/aromatic N) is 2. The van der Waals surface area contributed by atoms with Crippen molar-refractivity contribution >= 4 is 11.8 Å². The van der Waals surface area contributed by atoms with Crippen LogP contribution in [0.2, 0.25) is 0 Å². The van der Waals surface area contributed by atoms with Crippen LogP contribution in [0.4, 0.5) is 5.82 Å². The summed E-state index contributed by atoms with van der Waals surface area (Å²) >= 11 is 0. The molecule has 0 spiro atoms. The molecule has 0 N–H and O–H groups in total. The zero-order valence-corrected chi connectivity index (χ0v) is 13.0. The first-order chi connectivity index (χ1) is 10.1. The van der Waals surface area contributed by atoms with Crippen LogP contribution in [0.3, 0.4) is 0 Å². The fourth-order valence-electron chi connectivity index (χ4n) is 2.72. The third-order valence-corrected chi connectivity index (χ3v) is 3.57. The Labute approximate surface area is 126 Å². The molecule has 1 aromatic rings. The van der Waals surface area contributed by atoms with Crippen LogP contribution in [0.25, 0.3) is 0 Å². The fraction of sp³-hybridized carbons (Fsp3) is 0.625. The second-order valence-corrected chi connectivity index (χ2v) is 5.74. The van der Waals surface area contributed by atoms with E-state index in [9.17, 15) is 4.79 Å². The van der Waals surface area contributed by atoms with Crippen molar-refractivity contribution in [2.45, 2.75) is 32.8 Å². The van der Waals surface area contributed by atoms with Gasteiger partial charge >= 0.3 is 5.97 Å². The van der Waals surface area contributed by atoms with Crippen LogP contribution in [0.15, 0.2) is 18.3 Å². The molecule has 0 radical (unpaired) electrons. The third-order valence-electron chi connectivity index (χ3n) is 3.57. The molecule has 1 saturated heterocycles. The van der Waals surface area contributed by atoms with Gasteiger partial charge in [0.2, 0.25) is 0 Å². The molecule has 1 aromatic heterocycles. The summed E-state index contributed by atoms with van der Waals surface area (Å²) in [5.74, 6) is 0.908. The van der Waals surface area contributed by atoms with Crippen LogP contribution >= 0.6 is 0 Å². The monoisotopic (exact) mass is 292 g/mol. The van der Waals surface area contributed by atoms with E-state index < -0.39 is 0 Å². The van der Waals surface area contributed by atoms with Crippen LogP contribution in [0.5, 0.6) is 0 Å². The summed E-state index contributed by atoms with van der Waals surface area (Å²) < 4.78 is 10.6. The largest absolute Gasteiger partial charge is 0.459 e. The minimum absolute atomic E-state index is 0.131. The van der Waals surface area contributed by atoms with E-state index in [0.29, 0.717) is 11.5 Å². The lowest BCUT2D eigenvalue weighted by molar-refractivity contribution is 0.0378. The molecular weight excluding hydrogens is 268 g/mol. The Morgan fingerprint density at radius 2 is 2.33 bits per heavy atom. The van der Waals surface area contributed by atoms with Crippen LogP contribution in [0, 0.1) is 5.92 Å². The predicted octanol–water partition coefficient (Wildman–Crippen LogP) is 2.51. The summed E-state index contributed by atoms with van der Waals surface area (Å²) in [6.45, 7) is 6.23. The maximum absolute atomic E-state index is 12.2. The second kappa shape index (κ2) is 7.41. The number of carbonyl (C=O) groups excluding carboxylic acids is 1. The van der Waals surface area contributed by atoms with E-state index in [4.69, 9.17) is 9.47 Å². The molecule has 0 bridgehead atoms. The molecule has 2 heterocycles. The SMILES string of the molecule is COCC1CCCN(c2ncccc2C(=O)OC(C)C)C1. The average molecular weight is 292 g/mol. The average Bonchev–Trinajstić information content (AvgIpc) is 2.47. The number of piperidine rings is 1. The number of methoxy groups -OCH3 is 1. The molecule has 1 aliphatic rings. The molecule has 116 valence electrons. The normalized spacial score (nSPS) is 18.9. The minimum Gasteiger partial charge on any atom is -0.459 e. The first-order valence-electron chi connectivity index (χ1n) is 7.51. The van der Waals surface area contributed by atoms with Gasteiger partial charge in [0.1, 0.15) is 11.4 Å².